The molecule has 8 heteroatoms. The molecule has 0 fully saturated rings. The van der Waals surface area contributed by atoms with E-state index in [1.165, 1.54) is 0 Å². The third-order valence-electron chi connectivity index (χ3n) is 3.79. The van der Waals surface area contributed by atoms with Crippen molar-refractivity contribution in [1.82, 2.24) is 0 Å². The molecule has 1 atom stereocenters. The number of carbonyl (C=O) groups is 3. The lowest BCUT2D eigenvalue weighted by atomic mass is 10.0. The number of nitrogens with one attached hydrogen (secondary N) is 1. The molecule has 0 saturated carbocycles. The van der Waals surface area contributed by atoms with Crippen LogP contribution in [0.3, 0.4) is 0 Å². The first kappa shape index (κ1) is 18.6. The van der Waals surface area contributed by atoms with Crippen LogP contribution in [0.15, 0.2) is 53.5 Å². The predicted octanol–water partition coefficient (Wildman–Crippen LogP) is 1.53. The van der Waals surface area contributed by atoms with E-state index in [-0.39, 0.29) is 0 Å². The van der Waals surface area contributed by atoms with Crippen LogP contribution in [0, 0.1) is 0 Å². The SMILES string of the molecule is O=C([O-])CCC(=O)O[C@@H]1N=C(c2ccccc2)c2cc(Cl)ccc2NC1=O. The molecule has 0 spiro atoms. The lowest BCUT2D eigenvalue weighted by Gasteiger charge is -2.12. The minimum absolute atomic E-state index is 0.416. The van der Waals surface area contributed by atoms with Crippen LogP contribution in [-0.2, 0) is 19.1 Å². The normalized spacial score (nSPS) is 15.8. The maximum Gasteiger partial charge on any atom is 0.308 e. The van der Waals surface area contributed by atoms with Gasteiger partial charge in [-0.3, -0.25) is 9.59 Å². The molecule has 1 aliphatic heterocycles. The summed E-state index contributed by atoms with van der Waals surface area (Å²) in [6, 6.07) is 14.0. The molecule has 0 unspecified atom stereocenters. The number of anilines is 1. The second-order valence-electron chi connectivity index (χ2n) is 5.74. The number of benzene rings is 2. The third kappa shape index (κ3) is 4.51. The number of aliphatic imine (C=N–C) groups is 1. The summed E-state index contributed by atoms with van der Waals surface area (Å²) in [5.41, 5.74) is 2.17. The average molecular weight is 386 g/mol. The quantitative estimate of drug-likeness (QED) is 0.785. The van der Waals surface area contributed by atoms with Crippen LogP contribution in [0.1, 0.15) is 24.0 Å². The minimum Gasteiger partial charge on any atom is -0.550 e. The highest BCUT2D eigenvalue weighted by molar-refractivity contribution is 6.32. The van der Waals surface area contributed by atoms with E-state index < -0.39 is 36.9 Å². The number of carboxylic acids is 1. The molecule has 0 aromatic heterocycles. The summed E-state index contributed by atoms with van der Waals surface area (Å²) in [5.74, 6) is -2.89. The van der Waals surface area contributed by atoms with Crippen molar-refractivity contribution in [2.45, 2.75) is 19.1 Å². The number of esters is 1. The molecule has 1 heterocycles. The Balaban J connectivity index is 1.99. The van der Waals surface area contributed by atoms with E-state index in [0.717, 1.165) is 0 Å². The van der Waals surface area contributed by atoms with Gasteiger partial charge in [0.25, 0.3) is 12.1 Å². The van der Waals surface area contributed by atoms with Crippen molar-refractivity contribution in [3.05, 3.63) is 64.7 Å². The van der Waals surface area contributed by atoms with Crippen LogP contribution in [0.4, 0.5) is 5.69 Å². The van der Waals surface area contributed by atoms with E-state index in [4.69, 9.17) is 16.3 Å². The first-order valence-electron chi connectivity index (χ1n) is 8.07. The molecule has 7 nitrogen and oxygen atoms in total. The van der Waals surface area contributed by atoms with Crippen LogP contribution < -0.4 is 10.4 Å². The van der Waals surface area contributed by atoms with Crippen molar-refractivity contribution in [2.75, 3.05) is 5.32 Å². The number of aliphatic carboxylic acids is 1. The fraction of sp³-hybridized carbons (Fsp3) is 0.158. The van der Waals surface area contributed by atoms with Crippen molar-refractivity contribution in [3.8, 4) is 0 Å². The van der Waals surface area contributed by atoms with E-state index >= 15 is 0 Å². The molecule has 2 aromatic rings. The number of carboxylic acid groups (broad SMARTS) is 1. The first-order chi connectivity index (χ1) is 12.9. The predicted molar refractivity (Wildman–Crippen MR) is 96.3 cm³/mol. The van der Waals surface area contributed by atoms with Gasteiger partial charge in [0.15, 0.2) is 0 Å². The monoisotopic (exact) mass is 385 g/mol. The van der Waals surface area contributed by atoms with Gasteiger partial charge in [-0.2, -0.15) is 0 Å². The molecule has 0 saturated heterocycles. The molecule has 1 amide bonds. The lowest BCUT2D eigenvalue weighted by Crippen LogP contribution is -2.31. The second kappa shape index (κ2) is 8.01. The van der Waals surface area contributed by atoms with Gasteiger partial charge in [0.2, 0.25) is 0 Å². The topological polar surface area (TPSA) is 108 Å². The number of halogens is 1. The van der Waals surface area contributed by atoms with Crippen molar-refractivity contribution >= 4 is 40.8 Å². The Labute approximate surface area is 159 Å². The summed E-state index contributed by atoms with van der Waals surface area (Å²) in [7, 11) is 0. The number of hydrogen-bond acceptors (Lipinski definition) is 6. The average Bonchev–Trinajstić information content (AvgIpc) is 2.78. The van der Waals surface area contributed by atoms with E-state index in [1.54, 1.807) is 30.3 Å². The zero-order chi connectivity index (χ0) is 19.4. The Hall–Kier alpha value is -3.19. The number of rotatable bonds is 5. The molecule has 138 valence electrons. The van der Waals surface area contributed by atoms with Gasteiger partial charge in [0.1, 0.15) is 0 Å². The smallest absolute Gasteiger partial charge is 0.308 e. The van der Waals surface area contributed by atoms with Gasteiger partial charge in [-0.05, 0) is 24.6 Å². The Kier molecular flexibility index (Phi) is 5.52. The van der Waals surface area contributed by atoms with Crippen LogP contribution in [0.2, 0.25) is 5.02 Å². The van der Waals surface area contributed by atoms with Gasteiger partial charge in [-0.25, -0.2) is 4.99 Å². The maximum atomic E-state index is 12.5. The van der Waals surface area contributed by atoms with Crippen molar-refractivity contribution in [3.63, 3.8) is 0 Å². The number of carbonyl (C=O) groups excluding carboxylic acids is 3. The molecule has 0 aliphatic carbocycles. The summed E-state index contributed by atoms with van der Waals surface area (Å²) >= 11 is 6.10. The Morgan fingerprint density at radius 3 is 2.59 bits per heavy atom. The number of amides is 1. The number of benzodiazepines with no additional fused rings is 1. The van der Waals surface area contributed by atoms with Gasteiger partial charge >= 0.3 is 5.97 Å². The van der Waals surface area contributed by atoms with Gasteiger partial charge in [0.05, 0.1) is 17.8 Å². The van der Waals surface area contributed by atoms with Crippen molar-refractivity contribution < 1.29 is 24.2 Å². The highest BCUT2D eigenvalue weighted by atomic mass is 35.5. The fourth-order valence-electron chi connectivity index (χ4n) is 2.55. The molecular formula is C19H14ClN2O5-. The number of ether oxygens (including phenoxy) is 1. The molecule has 2 aromatic carbocycles. The molecule has 1 N–H and O–H groups in total. The molecule has 3 rings (SSSR count). The number of hydrogen-bond donors (Lipinski definition) is 1. The first-order valence-corrected chi connectivity index (χ1v) is 8.45. The van der Waals surface area contributed by atoms with Gasteiger partial charge in [0, 0.05) is 22.1 Å². The zero-order valence-corrected chi connectivity index (χ0v) is 14.7. The number of fused-ring (bicyclic) bond motifs is 1. The van der Waals surface area contributed by atoms with Crippen molar-refractivity contribution in [1.29, 1.82) is 0 Å². The molecule has 0 bridgehead atoms. The Bertz CT molecular complexity index is 927. The molecule has 0 radical (unpaired) electrons. The largest absolute Gasteiger partial charge is 0.550 e. The summed E-state index contributed by atoms with van der Waals surface area (Å²) in [5, 5.41) is 13.6. The summed E-state index contributed by atoms with van der Waals surface area (Å²) in [6.07, 6.45) is -2.38. The fourth-order valence-corrected chi connectivity index (χ4v) is 2.73. The van der Waals surface area contributed by atoms with E-state index in [1.807, 2.05) is 18.2 Å². The standard InChI is InChI=1S/C19H15ClN2O5/c20-12-6-7-14-13(10-12)17(11-4-2-1-3-5-11)22-19(18(26)21-14)27-16(25)9-8-15(23)24/h1-7,10,19H,8-9H2,(H,21,26)(H,23,24)/p-1/t19-/m0/s1. The highest BCUT2D eigenvalue weighted by Crippen LogP contribution is 2.27. The molecule has 1 aliphatic rings. The maximum absolute atomic E-state index is 12.5. The Morgan fingerprint density at radius 1 is 1.15 bits per heavy atom. The van der Waals surface area contributed by atoms with Gasteiger partial charge < -0.3 is 20.0 Å². The number of nitrogens with zero attached hydrogens (tertiary/aromatic N) is 1. The van der Waals surface area contributed by atoms with E-state index in [0.29, 0.717) is 27.5 Å². The van der Waals surface area contributed by atoms with E-state index in [2.05, 4.69) is 10.3 Å². The van der Waals surface area contributed by atoms with Crippen LogP contribution in [-0.4, -0.2) is 29.8 Å². The minimum atomic E-state index is -1.46. The summed E-state index contributed by atoms with van der Waals surface area (Å²) in [6.45, 7) is 0. The van der Waals surface area contributed by atoms with Gasteiger partial charge in [-0.15, -0.1) is 0 Å². The Morgan fingerprint density at radius 2 is 1.89 bits per heavy atom. The second-order valence-corrected chi connectivity index (χ2v) is 6.17. The lowest BCUT2D eigenvalue weighted by molar-refractivity contribution is -0.305. The zero-order valence-electron chi connectivity index (χ0n) is 14.0. The third-order valence-corrected chi connectivity index (χ3v) is 4.02. The van der Waals surface area contributed by atoms with Gasteiger partial charge in [-0.1, -0.05) is 41.9 Å². The highest BCUT2D eigenvalue weighted by Gasteiger charge is 2.28. The summed E-state index contributed by atoms with van der Waals surface area (Å²) in [4.78, 5) is 39.1. The molecular weight excluding hydrogens is 372 g/mol. The van der Waals surface area contributed by atoms with E-state index in [9.17, 15) is 19.5 Å². The van der Waals surface area contributed by atoms with Crippen LogP contribution in [0.5, 0.6) is 0 Å². The summed E-state index contributed by atoms with van der Waals surface area (Å²) < 4.78 is 5.08. The van der Waals surface area contributed by atoms with Crippen LogP contribution >= 0.6 is 11.6 Å². The molecule has 27 heavy (non-hydrogen) atoms. The van der Waals surface area contributed by atoms with Crippen molar-refractivity contribution in [2.24, 2.45) is 4.99 Å². The van der Waals surface area contributed by atoms with Crippen LogP contribution in [0.25, 0.3) is 0 Å².